The van der Waals surface area contributed by atoms with Gasteiger partial charge in [-0.05, 0) is 76.6 Å². The van der Waals surface area contributed by atoms with Crippen molar-refractivity contribution in [1.29, 1.82) is 0 Å². The number of aromatic nitrogens is 2. The molecule has 49 heavy (non-hydrogen) atoms. The molecule has 0 fully saturated rings. The van der Waals surface area contributed by atoms with E-state index in [0.717, 1.165) is 40.7 Å². The minimum absolute atomic E-state index is 0.0145. The number of hydrogen-bond donors (Lipinski definition) is 0. The Morgan fingerprint density at radius 2 is 1.24 bits per heavy atom. The molecule has 2 aromatic heterocycles. The molecule has 5 heteroatoms. The molecule has 0 atom stereocenters. The van der Waals surface area contributed by atoms with Crippen LogP contribution in [0, 0.1) is 5.41 Å². The second-order valence-corrected chi connectivity index (χ2v) is 16.4. The van der Waals surface area contributed by atoms with Crippen LogP contribution in [-0.2, 0) is 10.8 Å². The Morgan fingerprint density at radius 1 is 0.571 bits per heavy atom. The maximum absolute atomic E-state index is 6.64. The summed E-state index contributed by atoms with van der Waals surface area (Å²) < 4.78 is 8.90. The monoisotopic (exact) mass is 648 g/mol. The lowest BCUT2D eigenvalue weighted by Crippen LogP contribution is -2.30. The number of pyridine rings is 1. The first-order chi connectivity index (χ1) is 23.2. The first-order valence-electron chi connectivity index (χ1n) is 17.3. The second kappa shape index (κ2) is 11.8. The molecule has 1 aliphatic heterocycles. The van der Waals surface area contributed by atoms with Gasteiger partial charge in [0.1, 0.15) is 17.3 Å². The molecule has 7 rings (SSSR count). The summed E-state index contributed by atoms with van der Waals surface area (Å²) in [6.07, 6.45) is 4.23. The van der Waals surface area contributed by atoms with E-state index in [4.69, 9.17) is 9.72 Å². The normalized spacial score (nSPS) is 14.2. The van der Waals surface area contributed by atoms with Crippen LogP contribution < -0.4 is 14.5 Å². The first kappa shape index (κ1) is 32.5. The summed E-state index contributed by atoms with van der Waals surface area (Å²) in [4.78, 5) is 9.61. The Hall–Kier alpha value is -5.03. The van der Waals surface area contributed by atoms with Crippen LogP contribution in [0.25, 0.3) is 27.6 Å². The third kappa shape index (κ3) is 6.30. The predicted molar refractivity (Wildman–Crippen MR) is 206 cm³/mol. The zero-order valence-electron chi connectivity index (χ0n) is 30.4. The van der Waals surface area contributed by atoms with Gasteiger partial charge in [0.15, 0.2) is 0 Å². The highest BCUT2D eigenvalue weighted by Crippen LogP contribution is 2.41. The fraction of sp³-hybridized carbons (Fsp3) is 0.295. The first-order valence-corrected chi connectivity index (χ1v) is 17.3. The zero-order chi connectivity index (χ0) is 34.7. The fourth-order valence-corrected chi connectivity index (χ4v) is 6.73. The van der Waals surface area contributed by atoms with Crippen LogP contribution in [0.15, 0.2) is 121 Å². The average Bonchev–Trinajstić information content (AvgIpc) is 3.65. The highest BCUT2D eigenvalue weighted by atomic mass is 16.5. The zero-order valence-corrected chi connectivity index (χ0v) is 30.4. The summed E-state index contributed by atoms with van der Waals surface area (Å²) >= 11 is 0. The van der Waals surface area contributed by atoms with E-state index in [1.54, 1.807) is 0 Å². The van der Waals surface area contributed by atoms with Gasteiger partial charge in [-0.3, -0.25) is 4.57 Å². The quantitative estimate of drug-likeness (QED) is 0.186. The Morgan fingerprint density at radius 3 is 2.00 bits per heavy atom. The van der Waals surface area contributed by atoms with Crippen molar-refractivity contribution in [2.24, 2.45) is 5.41 Å². The molecule has 0 bridgehead atoms. The van der Waals surface area contributed by atoms with Gasteiger partial charge >= 0.3 is 0 Å². The maximum Gasteiger partial charge on any atom is 0.137 e. The third-order valence-corrected chi connectivity index (χ3v) is 9.53. The molecular formula is C44H48N4O. The van der Waals surface area contributed by atoms with Gasteiger partial charge in [-0.1, -0.05) is 98.7 Å². The fourth-order valence-electron chi connectivity index (χ4n) is 6.73. The predicted octanol–water partition coefficient (Wildman–Crippen LogP) is 11.7. The smallest absolute Gasteiger partial charge is 0.137 e. The lowest BCUT2D eigenvalue weighted by atomic mass is 9.87. The summed E-state index contributed by atoms with van der Waals surface area (Å²) in [5.41, 5.74) is 8.40. The van der Waals surface area contributed by atoms with Crippen molar-refractivity contribution in [3.63, 3.8) is 0 Å². The number of benzene rings is 4. The van der Waals surface area contributed by atoms with Gasteiger partial charge in [0, 0.05) is 57.8 Å². The van der Waals surface area contributed by atoms with Crippen LogP contribution >= 0.6 is 0 Å². The number of allylic oxidation sites excluding steroid dienone is 1. The molecule has 4 aromatic carbocycles. The molecule has 3 heterocycles. The number of nitrogens with zero attached hydrogens (tertiary/aromatic N) is 4. The lowest BCUT2D eigenvalue weighted by Gasteiger charge is -2.31. The number of anilines is 2. The van der Waals surface area contributed by atoms with Crippen LogP contribution in [0.3, 0.4) is 0 Å². The van der Waals surface area contributed by atoms with Crippen molar-refractivity contribution in [3.8, 4) is 17.3 Å². The Bertz CT molecular complexity index is 2200. The van der Waals surface area contributed by atoms with Crippen molar-refractivity contribution < 1.29 is 4.74 Å². The Kier molecular flexibility index (Phi) is 7.85. The van der Waals surface area contributed by atoms with E-state index in [9.17, 15) is 0 Å². The highest BCUT2D eigenvalue weighted by molar-refractivity contribution is 6.09. The molecule has 0 radical (unpaired) electrons. The molecule has 0 spiro atoms. The van der Waals surface area contributed by atoms with Gasteiger partial charge in [-0.2, -0.15) is 0 Å². The van der Waals surface area contributed by atoms with Crippen molar-refractivity contribution in [3.05, 3.63) is 132 Å². The van der Waals surface area contributed by atoms with Gasteiger partial charge in [-0.25, -0.2) is 4.98 Å². The van der Waals surface area contributed by atoms with Crippen LogP contribution in [-0.4, -0.2) is 16.2 Å². The van der Waals surface area contributed by atoms with E-state index in [-0.39, 0.29) is 16.2 Å². The number of hydrogen-bond acceptors (Lipinski definition) is 4. The SMILES string of the molecule is CC(C)(C)C1=CN(c2cccc(C(C)(C)C)c2)CN1c1cccc(Oc2ccc3c4ccccc4n(-c4cc(C(C)(C)C)ccn4)c3c2)c1. The van der Waals surface area contributed by atoms with Crippen molar-refractivity contribution >= 4 is 33.2 Å². The van der Waals surface area contributed by atoms with Crippen molar-refractivity contribution in [1.82, 2.24) is 9.55 Å². The second-order valence-electron chi connectivity index (χ2n) is 16.4. The summed E-state index contributed by atoms with van der Waals surface area (Å²) in [5, 5.41) is 2.37. The molecule has 0 saturated heterocycles. The van der Waals surface area contributed by atoms with E-state index in [1.807, 2.05) is 12.3 Å². The number of ether oxygens (including phenoxy) is 1. The molecule has 0 aliphatic carbocycles. The largest absolute Gasteiger partial charge is 0.457 e. The lowest BCUT2D eigenvalue weighted by molar-refractivity contribution is 0.481. The molecule has 0 amide bonds. The Balaban J connectivity index is 1.24. The van der Waals surface area contributed by atoms with Crippen molar-refractivity contribution in [2.45, 2.75) is 73.1 Å². The van der Waals surface area contributed by atoms with Gasteiger partial charge in [0.25, 0.3) is 0 Å². The molecule has 0 N–H and O–H groups in total. The molecule has 5 nitrogen and oxygen atoms in total. The maximum atomic E-state index is 6.64. The molecule has 1 aliphatic rings. The van der Waals surface area contributed by atoms with E-state index >= 15 is 0 Å². The van der Waals surface area contributed by atoms with Crippen LogP contribution in [0.5, 0.6) is 11.5 Å². The summed E-state index contributed by atoms with van der Waals surface area (Å²) in [5.74, 6) is 2.49. The van der Waals surface area contributed by atoms with Gasteiger partial charge in [-0.15, -0.1) is 0 Å². The van der Waals surface area contributed by atoms with E-state index in [0.29, 0.717) is 0 Å². The molecule has 250 valence electrons. The third-order valence-electron chi connectivity index (χ3n) is 9.53. The standard InChI is InChI=1S/C44H48N4O/c1-42(2,3)30-14-12-15-32(24-30)46-28-40(44(7,8)9)47(29-46)33-16-13-17-34(26-33)49-35-20-21-37-36-18-10-11-19-38(36)48(39(37)27-35)41-25-31(22-23-45-41)43(4,5)6/h10-28H,29H2,1-9H3. The van der Waals surface area contributed by atoms with Crippen LogP contribution in [0.4, 0.5) is 11.4 Å². The number of rotatable bonds is 5. The topological polar surface area (TPSA) is 33.5 Å². The Labute approximate surface area is 291 Å². The van der Waals surface area contributed by atoms with Crippen LogP contribution in [0.2, 0.25) is 0 Å². The number of para-hydroxylation sites is 1. The van der Waals surface area contributed by atoms with Gasteiger partial charge in [0.05, 0.1) is 17.7 Å². The minimum Gasteiger partial charge on any atom is -0.457 e. The molecule has 6 aromatic rings. The van der Waals surface area contributed by atoms with Crippen molar-refractivity contribution in [2.75, 3.05) is 16.5 Å². The van der Waals surface area contributed by atoms with E-state index < -0.39 is 0 Å². The molecule has 0 saturated carbocycles. The van der Waals surface area contributed by atoms with Gasteiger partial charge < -0.3 is 14.5 Å². The van der Waals surface area contributed by atoms with E-state index in [1.165, 1.54) is 33.3 Å². The number of fused-ring (bicyclic) bond motifs is 3. The van der Waals surface area contributed by atoms with E-state index in [2.05, 4.69) is 180 Å². The minimum atomic E-state index is -0.0516. The summed E-state index contributed by atoms with van der Waals surface area (Å²) in [6.45, 7) is 21.1. The molecular weight excluding hydrogens is 601 g/mol. The average molecular weight is 649 g/mol. The highest BCUT2D eigenvalue weighted by Gasteiger charge is 2.32. The molecule has 0 unspecified atom stereocenters. The summed E-state index contributed by atoms with van der Waals surface area (Å²) in [7, 11) is 0. The van der Waals surface area contributed by atoms with Crippen LogP contribution in [0.1, 0.15) is 73.4 Å². The summed E-state index contributed by atoms with van der Waals surface area (Å²) in [6, 6.07) is 36.7. The van der Waals surface area contributed by atoms with Gasteiger partial charge in [0.2, 0.25) is 0 Å².